The molecule has 9 heteroatoms. The van der Waals surface area contributed by atoms with Crippen molar-refractivity contribution in [3.63, 3.8) is 0 Å². The second-order valence-electron chi connectivity index (χ2n) is 5.08. The van der Waals surface area contributed by atoms with Crippen molar-refractivity contribution in [3.8, 4) is 0 Å². The third kappa shape index (κ3) is 4.38. The molecule has 0 amide bonds. The van der Waals surface area contributed by atoms with Gasteiger partial charge in [-0.15, -0.1) is 0 Å². The van der Waals surface area contributed by atoms with E-state index < -0.39 is 30.1 Å². The zero-order chi connectivity index (χ0) is 16.9. The topological polar surface area (TPSA) is 118 Å². The number of hydrogen-bond donors (Lipinski definition) is 2. The molecule has 0 fully saturated rings. The van der Waals surface area contributed by atoms with Crippen LogP contribution in [0, 0.1) is 0 Å². The minimum Gasteiger partial charge on any atom is -0.332 e. The van der Waals surface area contributed by atoms with Gasteiger partial charge < -0.3 is 4.74 Å². The van der Waals surface area contributed by atoms with Crippen LogP contribution in [-0.4, -0.2) is 35.8 Å². The molecule has 0 bridgehead atoms. The smallest absolute Gasteiger partial charge is 0.295 e. The van der Waals surface area contributed by atoms with Crippen LogP contribution in [0.1, 0.15) is 66.2 Å². The standard InChI is InChI=1S/C12H26O7S2/c1-5-9-11(7-3,20(13,14)15)19-12(8-4,10-6-2)21(16,17)18/h5-10H2,1-4H3,(H,13,14,15)(H,16,17,18). The predicted octanol–water partition coefficient (Wildman–Crippen LogP) is 2.59. The van der Waals surface area contributed by atoms with Crippen molar-refractivity contribution in [2.24, 2.45) is 0 Å². The van der Waals surface area contributed by atoms with Gasteiger partial charge in [0.2, 0.25) is 0 Å². The molecular formula is C12H26O7S2. The van der Waals surface area contributed by atoms with E-state index in [1.807, 2.05) is 0 Å². The van der Waals surface area contributed by atoms with Crippen molar-refractivity contribution in [2.45, 2.75) is 76.1 Å². The highest BCUT2D eigenvalue weighted by molar-refractivity contribution is 7.88. The fraction of sp³-hybridized carbons (Fsp3) is 1.00. The van der Waals surface area contributed by atoms with Crippen molar-refractivity contribution in [1.82, 2.24) is 0 Å². The van der Waals surface area contributed by atoms with E-state index in [1.165, 1.54) is 13.8 Å². The summed E-state index contributed by atoms with van der Waals surface area (Å²) in [6, 6.07) is 0. The van der Waals surface area contributed by atoms with E-state index in [4.69, 9.17) is 4.74 Å². The molecule has 0 aromatic heterocycles. The summed E-state index contributed by atoms with van der Waals surface area (Å²) in [5.74, 6) is 0. The SMILES string of the molecule is CCCC(CC)(OC(CC)(CCC)S(=O)(=O)O)S(=O)(=O)O. The summed E-state index contributed by atoms with van der Waals surface area (Å²) in [6.45, 7) is 6.36. The molecule has 0 spiro atoms. The van der Waals surface area contributed by atoms with Crippen LogP contribution in [0.5, 0.6) is 0 Å². The molecule has 0 aliphatic rings. The van der Waals surface area contributed by atoms with E-state index in [9.17, 15) is 25.9 Å². The Kier molecular flexibility index (Phi) is 7.29. The van der Waals surface area contributed by atoms with Crippen molar-refractivity contribution >= 4 is 20.2 Å². The number of ether oxygens (including phenoxy) is 1. The maximum Gasteiger partial charge on any atom is 0.295 e. The molecule has 2 unspecified atom stereocenters. The van der Waals surface area contributed by atoms with Gasteiger partial charge in [-0.2, -0.15) is 16.8 Å². The van der Waals surface area contributed by atoms with Gasteiger partial charge in [-0.1, -0.05) is 40.5 Å². The lowest BCUT2D eigenvalue weighted by molar-refractivity contribution is -0.0869. The Bertz CT molecular complexity index is 478. The maximum atomic E-state index is 11.8. The summed E-state index contributed by atoms with van der Waals surface area (Å²) < 4.78 is 71.5. The molecule has 128 valence electrons. The first-order valence-electron chi connectivity index (χ1n) is 7.09. The van der Waals surface area contributed by atoms with E-state index >= 15 is 0 Å². The molecule has 0 saturated heterocycles. The molecule has 0 radical (unpaired) electrons. The molecule has 0 aromatic rings. The van der Waals surface area contributed by atoms with Gasteiger partial charge >= 0.3 is 0 Å². The number of rotatable bonds is 10. The Morgan fingerprint density at radius 2 is 1.05 bits per heavy atom. The van der Waals surface area contributed by atoms with Gasteiger partial charge in [0.15, 0.2) is 9.87 Å². The Balaban J connectivity index is 6.07. The van der Waals surface area contributed by atoms with Crippen molar-refractivity contribution < 1.29 is 30.7 Å². The Labute approximate surface area is 127 Å². The fourth-order valence-electron chi connectivity index (χ4n) is 2.43. The first-order chi connectivity index (χ1) is 9.45. The molecular weight excluding hydrogens is 320 g/mol. The second kappa shape index (κ2) is 7.36. The summed E-state index contributed by atoms with van der Waals surface area (Å²) in [5.41, 5.74) is 0. The van der Waals surface area contributed by atoms with Crippen molar-refractivity contribution in [1.29, 1.82) is 0 Å². The lowest BCUT2D eigenvalue weighted by atomic mass is 10.1. The normalized spacial score (nSPS) is 19.0. The van der Waals surface area contributed by atoms with Gasteiger partial charge in [0.25, 0.3) is 20.2 Å². The average molecular weight is 346 g/mol. The largest absolute Gasteiger partial charge is 0.332 e. The van der Waals surface area contributed by atoms with E-state index in [0.29, 0.717) is 12.8 Å². The van der Waals surface area contributed by atoms with Gasteiger partial charge in [-0.25, -0.2) is 0 Å². The first kappa shape index (κ1) is 20.8. The van der Waals surface area contributed by atoms with Gasteiger partial charge in [-0.3, -0.25) is 9.11 Å². The summed E-state index contributed by atoms with van der Waals surface area (Å²) in [6.07, 6.45) is 0.351. The Morgan fingerprint density at radius 1 is 0.762 bits per heavy atom. The van der Waals surface area contributed by atoms with Crippen molar-refractivity contribution in [2.75, 3.05) is 0 Å². The monoisotopic (exact) mass is 346 g/mol. The third-order valence-electron chi connectivity index (χ3n) is 3.65. The molecule has 0 aliphatic carbocycles. The summed E-state index contributed by atoms with van der Waals surface area (Å²) in [5, 5.41) is 0. The van der Waals surface area contributed by atoms with E-state index in [2.05, 4.69) is 0 Å². The van der Waals surface area contributed by atoms with Gasteiger partial charge in [0.1, 0.15) is 0 Å². The first-order valence-corrected chi connectivity index (χ1v) is 9.97. The zero-order valence-electron chi connectivity index (χ0n) is 13.0. The lowest BCUT2D eigenvalue weighted by Gasteiger charge is -2.39. The number of hydrogen-bond acceptors (Lipinski definition) is 5. The summed E-state index contributed by atoms with van der Waals surface area (Å²) in [7, 11) is -9.32. The van der Waals surface area contributed by atoms with Crippen LogP contribution in [0.25, 0.3) is 0 Å². The highest BCUT2D eigenvalue weighted by Gasteiger charge is 2.53. The molecule has 7 nitrogen and oxygen atoms in total. The minimum absolute atomic E-state index is 0.0662. The van der Waals surface area contributed by atoms with Gasteiger partial charge in [-0.05, 0) is 25.7 Å². The molecule has 21 heavy (non-hydrogen) atoms. The van der Waals surface area contributed by atoms with Crippen LogP contribution in [0.3, 0.4) is 0 Å². The molecule has 0 rings (SSSR count). The highest BCUT2D eigenvalue weighted by atomic mass is 32.2. The third-order valence-corrected chi connectivity index (χ3v) is 6.68. The minimum atomic E-state index is -4.66. The van der Waals surface area contributed by atoms with E-state index in [-0.39, 0.29) is 25.7 Å². The molecule has 2 N–H and O–H groups in total. The van der Waals surface area contributed by atoms with Gasteiger partial charge in [0, 0.05) is 0 Å². The molecule has 2 atom stereocenters. The quantitative estimate of drug-likeness (QED) is 0.584. The van der Waals surface area contributed by atoms with E-state index in [0.717, 1.165) is 0 Å². The Hall–Kier alpha value is -0.220. The molecule has 0 aliphatic heterocycles. The van der Waals surface area contributed by atoms with Gasteiger partial charge in [0.05, 0.1) is 0 Å². The summed E-state index contributed by atoms with van der Waals surface area (Å²) in [4.78, 5) is -4.08. The van der Waals surface area contributed by atoms with Crippen molar-refractivity contribution in [3.05, 3.63) is 0 Å². The zero-order valence-corrected chi connectivity index (χ0v) is 14.6. The fourth-order valence-corrected chi connectivity index (χ4v) is 4.66. The predicted molar refractivity (Wildman–Crippen MR) is 80.0 cm³/mol. The van der Waals surface area contributed by atoms with Crippen LogP contribution in [0.2, 0.25) is 0 Å². The average Bonchev–Trinajstić information content (AvgIpc) is 2.34. The second-order valence-corrected chi connectivity index (χ2v) is 8.47. The van der Waals surface area contributed by atoms with Crippen LogP contribution >= 0.6 is 0 Å². The summed E-state index contributed by atoms with van der Waals surface area (Å²) >= 11 is 0. The molecule has 0 saturated carbocycles. The molecule has 0 heterocycles. The highest BCUT2D eigenvalue weighted by Crippen LogP contribution is 2.39. The molecule has 0 aromatic carbocycles. The van der Waals surface area contributed by atoms with Crippen LogP contribution in [0.4, 0.5) is 0 Å². The van der Waals surface area contributed by atoms with E-state index in [1.54, 1.807) is 13.8 Å². The van der Waals surface area contributed by atoms with Crippen LogP contribution in [0.15, 0.2) is 0 Å². The van der Waals surface area contributed by atoms with Crippen LogP contribution in [-0.2, 0) is 25.0 Å². The lowest BCUT2D eigenvalue weighted by Crippen LogP contribution is -2.52. The Morgan fingerprint density at radius 3 is 1.19 bits per heavy atom. The maximum absolute atomic E-state index is 11.8. The van der Waals surface area contributed by atoms with Crippen LogP contribution < -0.4 is 0 Å².